The van der Waals surface area contributed by atoms with Crippen molar-refractivity contribution in [1.29, 1.82) is 0 Å². The minimum atomic E-state index is 0.149. The van der Waals surface area contributed by atoms with Crippen molar-refractivity contribution < 1.29 is 14.2 Å². The van der Waals surface area contributed by atoms with Gasteiger partial charge in [0.2, 0.25) is 6.79 Å². The van der Waals surface area contributed by atoms with Gasteiger partial charge in [-0.2, -0.15) is 0 Å². The Bertz CT molecular complexity index is 775. The van der Waals surface area contributed by atoms with Crippen molar-refractivity contribution in [1.82, 2.24) is 0 Å². The van der Waals surface area contributed by atoms with Gasteiger partial charge in [-0.1, -0.05) is 30.4 Å². The predicted octanol–water partition coefficient (Wildman–Crippen LogP) is 4.09. The minimum Gasteiger partial charge on any atom is -0.494 e. The summed E-state index contributed by atoms with van der Waals surface area (Å²) in [5.74, 6) is 2.61. The van der Waals surface area contributed by atoms with Crippen LogP contribution in [0.4, 0.5) is 5.69 Å². The summed E-state index contributed by atoms with van der Waals surface area (Å²) in [6.07, 6.45) is 0.756. The lowest BCUT2D eigenvalue weighted by Gasteiger charge is -2.29. The van der Waals surface area contributed by atoms with Crippen LogP contribution in [0.1, 0.15) is 30.4 Å². The Kier molecular flexibility index (Phi) is 3.58. The van der Waals surface area contributed by atoms with Crippen LogP contribution in [0.5, 0.6) is 17.2 Å². The Morgan fingerprint density at radius 1 is 1.17 bits per heavy atom. The van der Waals surface area contributed by atoms with Gasteiger partial charge in [-0.3, -0.25) is 0 Å². The number of nitrogens with one attached hydrogen (secondary N) is 1. The van der Waals surface area contributed by atoms with Gasteiger partial charge in [-0.25, -0.2) is 0 Å². The number of fused-ring (bicyclic) bond motifs is 2. The number of anilines is 1. The predicted molar refractivity (Wildman–Crippen MR) is 92.9 cm³/mol. The first-order valence-corrected chi connectivity index (χ1v) is 8.12. The van der Waals surface area contributed by atoms with Crippen LogP contribution in [0.2, 0.25) is 0 Å². The van der Waals surface area contributed by atoms with Gasteiger partial charge in [0, 0.05) is 29.7 Å². The molecule has 4 rings (SSSR count). The molecule has 1 atom stereocenters. The summed E-state index contributed by atoms with van der Waals surface area (Å²) < 4.78 is 16.8. The molecule has 0 amide bonds. The van der Waals surface area contributed by atoms with E-state index in [4.69, 9.17) is 26.4 Å². The molecular formula is C18H17NO3S. The standard InChI is InChI=1S/C18H17NO3S/c1-2-20-15-6-4-3-5-11(15)12-8-18(23)19-14-9-17-16(7-13(12)14)21-10-22-17/h3-7,9,12H,2,8,10H2,1H3,(H,19,23)/t12-/m0/s1. The van der Waals surface area contributed by atoms with Crippen LogP contribution in [0.15, 0.2) is 36.4 Å². The smallest absolute Gasteiger partial charge is 0.231 e. The van der Waals surface area contributed by atoms with Crippen LogP contribution < -0.4 is 19.5 Å². The molecule has 0 unspecified atom stereocenters. The van der Waals surface area contributed by atoms with Crippen LogP contribution >= 0.6 is 12.2 Å². The quantitative estimate of drug-likeness (QED) is 0.860. The van der Waals surface area contributed by atoms with Gasteiger partial charge in [0.25, 0.3) is 0 Å². The van der Waals surface area contributed by atoms with E-state index < -0.39 is 0 Å². The molecule has 23 heavy (non-hydrogen) atoms. The molecular weight excluding hydrogens is 310 g/mol. The summed E-state index contributed by atoms with van der Waals surface area (Å²) >= 11 is 5.47. The van der Waals surface area contributed by atoms with Crippen molar-refractivity contribution >= 4 is 22.9 Å². The molecule has 0 radical (unpaired) electrons. The van der Waals surface area contributed by atoms with Crippen molar-refractivity contribution in [2.45, 2.75) is 19.3 Å². The Morgan fingerprint density at radius 2 is 1.96 bits per heavy atom. The van der Waals surface area contributed by atoms with Crippen LogP contribution in [-0.4, -0.2) is 18.4 Å². The number of thiocarbonyl (C=S) groups is 1. The fourth-order valence-electron chi connectivity index (χ4n) is 3.18. The summed E-state index contributed by atoms with van der Waals surface area (Å²) in [4.78, 5) is 0.827. The Morgan fingerprint density at radius 3 is 2.78 bits per heavy atom. The molecule has 0 aliphatic carbocycles. The van der Waals surface area contributed by atoms with E-state index in [0.29, 0.717) is 6.61 Å². The summed E-state index contributed by atoms with van der Waals surface area (Å²) in [7, 11) is 0. The highest BCUT2D eigenvalue weighted by Gasteiger charge is 2.29. The third-order valence-electron chi connectivity index (χ3n) is 4.18. The second-order valence-electron chi connectivity index (χ2n) is 5.57. The Balaban J connectivity index is 1.83. The highest BCUT2D eigenvalue weighted by atomic mass is 32.1. The molecule has 0 bridgehead atoms. The monoisotopic (exact) mass is 327 g/mol. The van der Waals surface area contributed by atoms with Gasteiger partial charge in [0.05, 0.1) is 11.6 Å². The second kappa shape index (κ2) is 5.74. The van der Waals surface area contributed by atoms with Crippen LogP contribution in [-0.2, 0) is 0 Å². The van der Waals surface area contributed by atoms with E-state index in [-0.39, 0.29) is 12.7 Å². The second-order valence-corrected chi connectivity index (χ2v) is 6.06. The van der Waals surface area contributed by atoms with Gasteiger partial charge in [0.1, 0.15) is 5.75 Å². The molecule has 2 heterocycles. The molecule has 0 saturated carbocycles. The lowest BCUT2D eigenvalue weighted by molar-refractivity contribution is 0.174. The van der Waals surface area contributed by atoms with Gasteiger partial charge in [-0.15, -0.1) is 0 Å². The average molecular weight is 327 g/mol. The fourth-order valence-corrected chi connectivity index (χ4v) is 3.46. The molecule has 2 aromatic carbocycles. The Labute approximate surface area is 140 Å². The number of benzene rings is 2. The SMILES string of the molecule is CCOc1ccccc1[C@@H]1CC(=S)Nc2cc3c(cc21)OCO3. The minimum absolute atomic E-state index is 0.149. The van der Waals surface area contributed by atoms with E-state index in [2.05, 4.69) is 17.4 Å². The maximum absolute atomic E-state index is 5.81. The highest BCUT2D eigenvalue weighted by molar-refractivity contribution is 7.80. The van der Waals surface area contributed by atoms with Crippen LogP contribution in [0.25, 0.3) is 0 Å². The topological polar surface area (TPSA) is 39.7 Å². The maximum atomic E-state index is 5.81. The molecule has 1 N–H and O–H groups in total. The van der Waals surface area contributed by atoms with Crippen LogP contribution in [0.3, 0.4) is 0 Å². The first kappa shape index (κ1) is 14.3. The summed E-state index contributed by atoms with van der Waals surface area (Å²) in [6, 6.07) is 12.2. The molecule has 4 nitrogen and oxygen atoms in total. The Hall–Kier alpha value is -2.27. The fraction of sp³-hybridized carbons (Fsp3) is 0.278. The molecule has 118 valence electrons. The van der Waals surface area contributed by atoms with E-state index in [1.807, 2.05) is 31.2 Å². The molecule has 0 aromatic heterocycles. The zero-order valence-corrected chi connectivity index (χ0v) is 13.6. The number of rotatable bonds is 3. The summed E-state index contributed by atoms with van der Waals surface area (Å²) in [6.45, 7) is 2.90. The number of ether oxygens (including phenoxy) is 3. The van der Waals surface area contributed by atoms with E-state index in [1.165, 1.54) is 0 Å². The molecule has 2 aliphatic rings. The largest absolute Gasteiger partial charge is 0.494 e. The molecule has 2 aliphatic heterocycles. The third kappa shape index (κ3) is 2.51. The van der Waals surface area contributed by atoms with Crippen LogP contribution in [0, 0.1) is 0 Å². The molecule has 0 fully saturated rings. The molecule has 0 saturated heterocycles. The number of para-hydroxylation sites is 1. The van der Waals surface area contributed by atoms with Gasteiger partial charge < -0.3 is 19.5 Å². The molecule has 2 aromatic rings. The van der Waals surface area contributed by atoms with Gasteiger partial charge >= 0.3 is 0 Å². The average Bonchev–Trinajstić information content (AvgIpc) is 3.00. The van der Waals surface area contributed by atoms with Gasteiger partial charge in [0.15, 0.2) is 11.5 Å². The van der Waals surface area contributed by atoms with E-state index in [9.17, 15) is 0 Å². The molecule has 0 spiro atoms. The lowest BCUT2D eigenvalue weighted by atomic mass is 9.84. The normalized spacial score (nSPS) is 18.3. The summed E-state index contributed by atoms with van der Waals surface area (Å²) in [5.41, 5.74) is 3.30. The van der Waals surface area contributed by atoms with Crippen molar-refractivity contribution in [2.75, 3.05) is 18.7 Å². The zero-order valence-electron chi connectivity index (χ0n) is 12.8. The first-order chi connectivity index (χ1) is 11.3. The highest BCUT2D eigenvalue weighted by Crippen LogP contribution is 2.46. The number of hydrogen-bond donors (Lipinski definition) is 1. The first-order valence-electron chi connectivity index (χ1n) is 7.71. The van der Waals surface area contributed by atoms with Crippen molar-refractivity contribution in [3.63, 3.8) is 0 Å². The maximum Gasteiger partial charge on any atom is 0.231 e. The number of hydrogen-bond acceptors (Lipinski definition) is 4. The molecule has 5 heteroatoms. The van der Waals surface area contributed by atoms with Crippen molar-refractivity contribution in [3.8, 4) is 17.2 Å². The van der Waals surface area contributed by atoms with E-state index in [1.54, 1.807) is 0 Å². The zero-order chi connectivity index (χ0) is 15.8. The summed E-state index contributed by atoms with van der Waals surface area (Å²) in [5, 5.41) is 3.30. The van der Waals surface area contributed by atoms with Gasteiger partial charge in [-0.05, 0) is 24.6 Å². The van der Waals surface area contributed by atoms with Crippen molar-refractivity contribution in [2.24, 2.45) is 0 Å². The van der Waals surface area contributed by atoms with E-state index >= 15 is 0 Å². The third-order valence-corrected chi connectivity index (χ3v) is 4.45. The van der Waals surface area contributed by atoms with Crippen molar-refractivity contribution in [3.05, 3.63) is 47.5 Å². The lowest BCUT2D eigenvalue weighted by Crippen LogP contribution is -2.22. The van der Waals surface area contributed by atoms with E-state index in [0.717, 1.165) is 45.5 Å².